The molecule has 0 unspecified atom stereocenters. The van der Waals surface area contributed by atoms with E-state index < -0.39 is 61.2 Å². The molecule has 194 valence electrons. The zero-order valence-corrected chi connectivity index (χ0v) is 21.1. The summed E-state index contributed by atoms with van der Waals surface area (Å²) >= 11 is 7.46. The Labute approximate surface area is 214 Å². The van der Waals surface area contributed by atoms with Crippen LogP contribution in [0.2, 0.25) is 0 Å². The molecule has 1 aliphatic heterocycles. The van der Waals surface area contributed by atoms with Crippen molar-refractivity contribution >= 4 is 36.4 Å². The molecule has 11 nitrogen and oxygen atoms in total. The first-order valence-corrected chi connectivity index (χ1v) is 12.8. The Morgan fingerprint density at radius 2 is 1.83 bits per heavy atom. The van der Waals surface area contributed by atoms with E-state index in [4.69, 9.17) is 14.5 Å². The van der Waals surface area contributed by atoms with E-state index in [1.807, 2.05) is 0 Å². The highest BCUT2D eigenvalue weighted by Gasteiger charge is 2.59. The van der Waals surface area contributed by atoms with Crippen molar-refractivity contribution in [3.05, 3.63) is 64.3 Å². The van der Waals surface area contributed by atoms with E-state index in [0.29, 0.717) is 16.6 Å². The smallest absolute Gasteiger partial charge is 0.387 e. The summed E-state index contributed by atoms with van der Waals surface area (Å²) in [6.45, 7) is -0.811. The molecule has 1 aliphatic rings. The van der Waals surface area contributed by atoms with E-state index in [9.17, 15) is 27.9 Å². The van der Waals surface area contributed by atoms with Gasteiger partial charge >= 0.3 is 7.82 Å². The number of rotatable bonds is 6. The number of phosphoric ester groups is 1. The van der Waals surface area contributed by atoms with Crippen LogP contribution in [0.3, 0.4) is 0 Å². The lowest BCUT2D eigenvalue weighted by molar-refractivity contribution is -0.205. The highest BCUT2D eigenvalue weighted by molar-refractivity contribution is 9.10. The summed E-state index contributed by atoms with van der Waals surface area (Å²) in [5.41, 5.74) is -3.58. The maximum absolute atomic E-state index is 13.8. The van der Waals surface area contributed by atoms with Crippen molar-refractivity contribution in [1.29, 1.82) is 0 Å². The molecule has 36 heavy (non-hydrogen) atoms. The fraction of sp³-hybridized carbons (Fsp3) is 0.316. The average molecular weight is 613 g/mol. The van der Waals surface area contributed by atoms with Crippen molar-refractivity contribution < 1.29 is 47.0 Å². The molecule has 0 aliphatic carbocycles. The second kappa shape index (κ2) is 10.1. The molecule has 0 amide bonds. The summed E-state index contributed by atoms with van der Waals surface area (Å²) in [5.74, 6) is -4.62. The van der Waals surface area contributed by atoms with Crippen molar-refractivity contribution in [1.82, 2.24) is 20.0 Å². The fourth-order valence-corrected chi connectivity index (χ4v) is 5.05. The number of pyridine rings is 1. The summed E-state index contributed by atoms with van der Waals surface area (Å²) in [7, 11) is -4.97. The predicted octanol–water partition coefficient (Wildman–Crippen LogP) is 1.75. The number of hydrogen-bond donors (Lipinski definition) is 5. The van der Waals surface area contributed by atoms with Gasteiger partial charge in [0.05, 0.1) is 12.8 Å². The molecule has 3 heterocycles. The molecule has 1 aromatic carbocycles. The van der Waals surface area contributed by atoms with Crippen molar-refractivity contribution in [2.45, 2.75) is 29.3 Å². The lowest BCUT2D eigenvalue weighted by Gasteiger charge is -2.50. The van der Waals surface area contributed by atoms with E-state index in [-0.39, 0.29) is 16.8 Å². The predicted molar refractivity (Wildman–Crippen MR) is 122 cm³/mol. The first-order valence-electron chi connectivity index (χ1n) is 9.93. The molecule has 4 rings (SSSR count). The second-order valence-corrected chi connectivity index (χ2v) is 10.4. The van der Waals surface area contributed by atoms with Crippen LogP contribution in [0.5, 0.6) is 0 Å². The largest absolute Gasteiger partial charge is 0.469 e. The molecule has 4 N–H and O–H groups in total. The molecule has 17 heteroatoms. The number of phosphoric acid groups is 1. The van der Waals surface area contributed by atoms with Crippen LogP contribution in [-0.4, -0.2) is 70.3 Å². The van der Waals surface area contributed by atoms with Gasteiger partial charge in [-0.15, -0.1) is 17.7 Å². The monoisotopic (exact) mass is 612 g/mol. The molecule has 0 spiro atoms. The van der Waals surface area contributed by atoms with E-state index in [1.54, 1.807) is 0 Å². The number of ether oxygens (including phenoxy) is 1. The fourth-order valence-electron chi connectivity index (χ4n) is 3.96. The summed E-state index contributed by atoms with van der Waals surface area (Å²) in [6.07, 6.45) is -1.13. The Morgan fingerprint density at radius 1 is 1.17 bits per heavy atom. The molecule has 0 radical (unpaired) electrons. The number of nitrogens with zero attached hydrogens (tertiary/aromatic N) is 4. The Morgan fingerprint density at radius 3 is 2.44 bits per heavy atom. The number of benzene rings is 1. The Balaban J connectivity index is 1.88. The van der Waals surface area contributed by atoms with Crippen LogP contribution < -0.4 is 0 Å². The lowest BCUT2D eigenvalue weighted by Crippen LogP contribution is -2.67. The third-order valence-electron chi connectivity index (χ3n) is 5.56. The number of thiol groups is 1. The first-order chi connectivity index (χ1) is 16.8. The molecule has 1 fully saturated rings. The molecule has 2 aromatic heterocycles. The number of aliphatic hydroxyl groups is 2. The summed E-state index contributed by atoms with van der Waals surface area (Å²) in [5, 5.41) is 30.5. The summed E-state index contributed by atoms with van der Waals surface area (Å²) in [6, 6.07) is 2.86. The molecular formula is C19H17BrF3N4O7PS. The molecule has 0 bridgehead atoms. The third-order valence-corrected chi connectivity index (χ3v) is 6.89. The SMILES string of the molecule is O=P(O)(O)OC[C@@H]1O[C@@H](S)[C@@H](O)[C@](c2cncc(Br)c2)(n2cc(-c3cc(F)c(F)c(F)c3)nn2)[C@@H]1O. The van der Waals surface area contributed by atoms with Crippen LogP contribution in [-0.2, 0) is 19.4 Å². The van der Waals surface area contributed by atoms with Crippen LogP contribution in [0, 0.1) is 17.5 Å². The van der Waals surface area contributed by atoms with Crippen molar-refractivity contribution in [3.63, 3.8) is 0 Å². The molecule has 1 saturated heterocycles. The van der Waals surface area contributed by atoms with Crippen LogP contribution in [0.1, 0.15) is 5.56 Å². The van der Waals surface area contributed by atoms with Gasteiger partial charge < -0.3 is 24.7 Å². The Bertz CT molecular complexity index is 1310. The van der Waals surface area contributed by atoms with Gasteiger partial charge in [0.25, 0.3) is 0 Å². The van der Waals surface area contributed by atoms with Crippen molar-refractivity contribution in [2.24, 2.45) is 0 Å². The van der Waals surface area contributed by atoms with Gasteiger partial charge in [0.15, 0.2) is 17.5 Å². The van der Waals surface area contributed by atoms with Gasteiger partial charge in [-0.25, -0.2) is 22.4 Å². The van der Waals surface area contributed by atoms with Gasteiger partial charge in [-0.2, -0.15) is 0 Å². The van der Waals surface area contributed by atoms with Gasteiger partial charge in [0.2, 0.25) is 0 Å². The molecule has 3 aromatic rings. The molecule has 0 saturated carbocycles. The topological polar surface area (TPSA) is 160 Å². The normalized spacial score (nSPS) is 26.8. The van der Waals surface area contributed by atoms with Gasteiger partial charge in [0, 0.05) is 28.0 Å². The van der Waals surface area contributed by atoms with Crippen molar-refractivity contribution in [3.8, 4) is 11.3 Å². The van der Waals surface area contributed by atoms with Gasteiger partial charge in [-0.3, -0.25) is 9.51 Å². The minimum Gasteiger partial charge on any atom is -0.387 e. The lowest BCUT2D eigenvalue weighted by atomic mass is 9.76. The second-order valence-electron chi connectivity index (χ2n) is 7.76. The number of aliphatic hydroxyl groups excluding tert-OH is 2. The van der Waals surface area contributed by atoms with E-state index >= 15 is 0 Å². The number of aromatic nitrogens is 4. The van der Waals surface area contributed by atoms with Gasteiger partial charge in [0.1, 0.15) is 35.0 Å². The quantitative estimate of drug-likeness (QED) is 0.158. The number of hydrogen-bond acceptors (Lipinski definition) is 9. The van der Waals surface area contributed by atoms with E-state index in [2.05, 4.69) is 48.4 Å². The van der Waals surface area contributed by atoms with Crippen LogP contribution >= 0.6 is 36.4 Å². The van der Waals surface area contributed by atoms with Gasteiger partial charge in [-0.1, -0.05) is 5.21 Å². The third kappa shape index (κ3) is 4.97. The molecule has 5 atom stereocenters. The van der Waals surface area contributed by atoms with Crippen molar-refractivity contribution in [2.75, 3.05) is 6.61 Å². The van der Waals surface area contributed by atoms with E-state index in [0.717, 1.165) is 10.9 Å². The minimum absolute atomic E-state index is 0.133. The minimum atomic E-state index is -4.97. The van der Waals surface area contributed by atoms with Gasteiger partial charge in [-0.05, 0) is 34.1 Å². The Kier molecular flexibility index (Phi) is 7.63. The highest BCUT2D eigenvalue weighted by Crippen LogP contribution is 2.45. The molecular weight excluding hydrogens is 596 g/mol. The maximum Gasteiger partial charge on any atom is 0.469 e. The van der Waals surface area contributed by atoms with Crippen LogP contribution in [0.25, 0.3) is 11.3 Å². The maximum atomic E-state index is 13.8. The summed E-state index contributed by atoms with van der Waals surface area (Å²) in [4.78, 5) is 22.2. The zero-order chi connectivity index (χ0) is 26.4. The zero-order valence-electron chi connectivity index (χ0n) is 17.7. The first kappa shape index (κ1) is 27.2. The number of halogens is 4. The Hall–Kier alpha value is -1.88. The summed E-state index contributed by atoms with van der Waals surface area (Å²) < 4.78 is 63.6. The standard InChI is InChI=1S/C19H17BrF3N4O7PS/c20-10-3-9(4-24-5-10)19(16(28)14(7-33-35(30,31)32)34-18(36)17(19)29)27-6-13(25-26-27)8-1-11(21)15(23)12(22)2-8/h1-6,14,16-18,28-29,36H,7H2,(H2,30,31,32)/t14-,16+,17+,18-,19+/m0/s1. The van der Waals surface area contributed by atoms with Crippen LogP contribution in [0.15, 0.2) is 41.3 Å². The average Bonchev–Trinajstić information content (AvgIpc) is 3.29. The van der Waals surface area contributed by atoms with E-state index in [1.165, 1.54) is 18.5 Å². The van der Waals surface area contributed by atoms with Crippen LogP contribution in [0.4, 0.5) is 13.2 Å². The highest BCUT2D eigenvalue weighted by atomic mass is 79.9.